The van der Waals surface area contributed by atoms with Crippen LogP contribution in [0.3, 0.4) is 0 Å². The molecule has 0 radical (unpaired) electrons. The molecule has 0 aromatic heterocycles. The first-order valence-corrected chi connectivity index (χ1v) is 11.1. The molecule has 25 heavy (non-hydrogen) atoms. The summed E-state index contributed by atoms with van der Waals surface area (Å²) in [5, 5.41) is 2.94. The zero-order valence-corrected chi connectivity index (χ0v) is 16.3. The van der Waals surface area contributed by atoms with Crippen LogP contribution in [0.15, 0.2) is 0 Å². The lowest BCUT2D eigenvalue weighted by atomic mass is 9.95. The predicted molar refractivity (Wildman–Crippen MR) is 96.3 cm³/mol. The van der Waals surface area contributed by atoms with Crippen molar-refractivity contribution in [2.75, 3.05) is 32.4 Å². The smallest absolute Gasteiger partial charge is 0.245 e. The molecular formula is C17H31N3O4S. The van der Waals surface area contributed by atoms with Gasteiger partial charge in [-0.05, 0) is 38.0 Å². The summed E-state index contributed by atoms with van der Waals surface area (Å²) in [6.45, 7) is 6.15. The zero-order valence-electron chi connectivity index (χ0n) is 15.5. The summed E-state index contributed by atoms with van der Waals surface area (Å²) >= 11 is 0. The Morgan fingerprint density at radius 3 is 2.04 bits per heavy atom. The molecule has 2 amide bonds. The van der Waals surface area contributed by atoms with Gasteiger partial charge in [-0.15, -0.1) is 0 Å². The summed E-state index contributed by atoms with van der Waals surface area (Å²) in [7, 11) is -3.20. The van der Waals surface area contributed by atoms with Crippen LogP contribution in [-0.4, -0.2) is 67.9 Å². The largest absolute Gasteiger partial charge is 0.344 e. The van der Waals surface area contributed by atoms with Gasteiger partial charge in [0, 0.05) is 32.1 Å². The highest BCUT2D eigenvalue weighted by Gasteiger charge is 2.33. The number of hydrogen-bond donors (Lipinski definition) is 1. The first-order chi connectivity index (χ1) is 11.7. The van der Waals surface area contributed by atoms with E-state index in [2.05, 4.69) is 5.32 Å². The number of carbonyl (C=O) groups excluding carboxylic acids is 2. The van der Waals surface area contributed by atoms with Crippen LogP contribution in [-0.2, 0) is 19.6 Å². The second-order valence-corrected chi connectivity index (χ2v) is 9.53. The van der Waals surface area contributed by atoms with E-state index >= 15 is 0 Å². The SMILES string of the molecule is CC(C)[C@H](NC(=O)C1CCN(S(C)(=O)=O)CC1)C(=O)N1CCCCC1. The summed E-state index contributed by atoms with van der Waals surface area (Å²) < 4.78 is 24.6. The highest BCUT2D eigenvalue weighted by Crippen LogP contribution is 2.20. The quantitative estimate of drug-likeness (QED) is 0.773. The van der Waals surface area contributed by atoms with Crippen molar-refractivity contribution in [3.05, 3.63) is 0 Å². The van der Waals surface area contributed by atoms with Gasteiger partial charge < -0.3 is 10.2 Å². The van der Waals surface area contributed by atoms with Gasteiger partial charge in [-0.2, -0.15) is 0 Å². The number of likely N-dealkylation sites (tertiary alicyclic amines) is 1. The van der Waals surface area contributed by atoms with Crippen LogP contribution in [0.2, 0.25) is 0 Å². The minimum atomic E-state index is -3.20. The average molecular weight is 374 g/mol. The number of piperidine rings is 2. The Bertz CT molecular complexity index is 577. The lowest BCUT2D eigenvalue weighted by molar-refractivity contribution is -0.139. The first-order valence-electron chi connectivity index (χ1n) is 9.24. The third kappa shape index (κ3) is 5.41. The van der Waals surface area contributed by atoms with Gasteiger partial charge in [-0.25, -0.2) is 12.7 Å². The standard InChI is InChI=1S/C17H31N3O4S/c1-13(2)15(17(22)19-9-5-4-6-10-19)18-16(21)14-7-11-20(12-8-14)25(3,23)24/h13-15H,4-12H2,1-3H3,(H,18,21)/t15-/m0/s1. The van der Waals surface area contributed by atoms with Crippen molar-refractivity contribution in [2.24, 2.45) is 11.8 Å². The molecule has 144 valence electrons. The molecular weight excluding hydrogens is 342 g/mol. The first kappa shape index (κ1) is 20.2. The van der Waals surface area contributed by atoms with Gasteiger partial charge in [0.05, 0.1) is 6.26 Å². The number of carbonyl (C=O) groups is 2. The monoisotopic (exact) mass is 373 g/mol. The van der Waals surface area contributed by atoms with Gasteiger partial charge in [0.2, 0.25) is 21.8 Å². The maximum absolute atomic E-state index is 12.8. The van der Waals surface area contributed by atoms with E-state index in [4.69, 9.17) is 0 Å². The molecule has 0 spiro atoms. The van der Waals surface area contributed by atoms with Crippen molar-refractivity contribution >= 4 is 21.8 Å². The van der Waals surface area contributed by atoms with E-state index in [1.807, 2.05) is 18.7 Å². The lowest BCUT2D eigenvalue weighted by Crippen LogP contribution is -2.54. The maximum Gasteiger partial charge on any atom is 0.245 e. The summed E-state index contributed by atoms with van der Waals surface area (Å²) in [5.41, 5.74) is 0. The Morgan fingerprint density at radius 2 is 1.56 bits per heavy atom. The molecule has 7 nitrogen and oxygen atoms in total. The van der Waals surface area contributed by atoms with Crippen LogP contribution in [0.4, 0.5) is 0 Å². The van der Waals surface area contributed by atoms with Crippen LogP contribution >= 0.6 is 0 Å². The summed E-state index contributed by atoms with van der Waals surface area (Å²) in [6, 6.07) is -0.501. The normalized spacial score (nSPS) is 22.0. The molecule has 0 unspecified atom stereocenters. The summed E-state index contributed by atoms with van der Waals surface area (Å²) in [5.74, 6) is -0.322. The van der Waals surface area contributed by atoms with E-state index in [0.29, 0.717) is 25.9 Å². The third-order valence-corrected chi connectivity index (χ3v) is 6.50. The Labute approximate surface area is 151 Å². The fourth-order valence-electron chi connectivity index (χ4n) is 3.55. The molecule has 0 saturated carbocycles. The molecule has 8 heteroatoms. The van der Waals surface area contributed by atoms with Gasteiger partial charge in [0.1, 0.15) is 6.04 Å². The van der Waals surface area contributed by atoms with Gasteiger partial charge in [0.25, 0.3) is 0 Å². The van der Waals surface area contributed by atoms with Crippen LogP contribution in [0, 0.1) is 11.8 Å². The van der Waals surface area contributed by atoms with E-state index in [1.165, 1.54) is 10.6 Å². The van der Waals surface area contributed by atoms with E-state index in [0.717, 1.165) is 32.4 Å². The number of nitrogens with one attached hydrogen (secondary N) is 1. The highest BCUT2D eigenvalue weighted by molar-refractivity contribution is 7.88. The fraction of sp³-hybridized carbons (Fsp3) is 0.882. The average Bonchev–Trinajstić information content (AvgIpc) is 2.58. The number of hydrogen-bond acceptors (Lipinski definition) is 4. The van der Waals surface area contributed by atoms with Crippen LogP contribution in [0.5, 0.6) is 0 Å². The maximum atomic E-state index is 12.8. The van der Waals surface area contributed by atoms with Gasteiger partial charge in [-0.3, -0.25) is 9.59 Å². The minimum absolute atomic E-state index is 0.0108. The summed E-state index contributed by atoms with van der Waals surface area (Å²) in [6.07, 6.45) is 5.40. The minimum Gasteiger partial charge on any atom is -0.344 e. The van der Waals surface area contributed by atoms with Crippen molar-refractivity contribution in [3.8, 4) is 0 Å². The lowest BCUT2D eigenvalue weighted by Gasteiger charge is -2.34. The van der Waals surface area contributed by atoms with Crippen molar-refractivity contribution in [1.82, 2.24) is 14.5 Å². The molecule has 2 rings (SSSR count). The van der Waals surface area contributed by atoms with Gasteiger partial charge in [-0.1, -0.05) is 13.8 Å². The van der Waals surface area contributed by atoms with Crippen molar-refractivity contribution < 1.29 is 18.0 Å². The molecule has 1 atom stereocenters. The molecule has 2 heterocycles. The van der Waals surface area contributed by atoms with E-state index in [9.17, 15) is 18.0 Å². The van der Waals surface area contributed by atoms with E-state index < -0.39 is 16.1 Å². The second-order valence-electron chi connectivity index (χ2n) is 7.55. The van der Waals surface area contributed by atoms with E-state index in [-0.39, 0.29) is 23.7 Å². The van der Waals surface area contributed by atoms with Crippen molar-refractivity contribution in [1.29, 1.82) is 0 Å². The van der Waals surface area contributed by atoms with Crippen LogP contribution < -0.4 is 5.32 Å². The Balaban J connectivity index is 1.93. The molecule has 2 aliphatic rings. The Morgan fingerprint density at radius 1 is 1.00 bits per heavy atom. The molecule has 2 aliphatic heterocycles. The number of amides is 2. The topological polar surface area (TPSA) is 86.8 Å². The molecule has 0 aliphatic carbocycles. The van der Waals surface area contributed by atoms with Gasteiger partial charge in [0.15, 0.2) is 0 Å². The fourth-order valence-corrected chi connectivity index (χ4v) is 4.42. The number of rotatable bonds is 5. The molecule has 0 aromatic rings. The Hall–Kier alpha value is -1.15. The molecule has 2 saturated heterocycles. The Kier molecular flexibility index (Phi) is 6.85. The zero-order chi connectivity index (χ0) is 18.6. The van der Waals surface area contributed by atoms with Gasteiger partial charge >= 0.3 is 0 Å². The third-order valence-electron chi connectivity index (χ3n) is 5.19. The van der Waals surface area contributed by atoms with Crippen molar-refractivity contribution in [3.63, 3.8) is 0 Å². The molecule has 0 aromatic carbocycles. The van der Waals surface area contributed by atoms with Crippen LogP contribution in [0.1, 0.15) is 46.0 Å². The molecule has 2 fully saturated rings. The van der Waals surface area contributed by atoms with Crippen LogP contribution in [0.25, 0.3) is 0 Å². The highest BCUT2D eigenvalue weighted by atomic mass is 32.2. The molecule has 1 N–H and O–H groups in total. The van der Waals surface area contributed by atoms with E-state index in [1.54, 1.807) is 0 Å². The summed E-state index contributed by atoms with van der Waals surface area (Å²) in [4.78, 5) is 27.2. The second kappa shape index (κ2) is 8.49. The van der Waals surface area contributed by atoms with Crippen molar-refractivity contribution in [2.45, 2.75) is 52.0 Å². The molecule has 0 bridgehead atoms. The number of nitrogens with zero attached hydrogens (tertiary/aromatic N) is 2. The number of sulfonamides is 1. The predicted octanol–water partition coefficient (Wildman–Crippen LogP) is 0.811.